The van der Waals surface area contributed by atoms with Crippen LogP contribution < -0.4 is 4.74 Å². The molecular weight excluding hydrogens is 304 g/mol. The van der Waals surface area contributed by atoms with Crippen LogP contribution in [-0.4, -0.2) is 28.8 Å². The summed E-state index contributed by atoms with van der Waals surface area (Å²) in [5.41, 5.74) is 0.920. The second kappa shape index (κ2) is 6.79. The average molecular weight is 321 g/mol. The van der Waals surface area contributed by atoms with E-state index in [1.165, 1.54) is 7.11 Å². The molecule has 5 heteroatoms. The smallest absolute Gasteiger partial charge is 0.307 e. The van der Waals surface area contributed by atoms with Gasteiger partial charge in [-0.3, -0.25) is 9.59 Å². The number of ketones is 1. The Morgan fingerprint density at radius 2 is 2.14 bits per heavy atom. The van der Waals surface area contributed by atoms with Crippen LogP contribution in [0.1, 0.15) is 28.8 Å². The van der Waals surface area contributed by atoms with Gasteiger partial charge in [-0.25, -0.2) is 0 Å². The zero-order valence-electron chi connectivity index (χ0n) is 12.2. The molecule has 1 aromatic rings. The number of carbonyl (C=O) groups excluding carboxylic acids is 1. The molecule has 1 atom stereocenters. The van der Waals surface area contributed by atoms with E-state index in [9.17, 15) is 9.59 Å². The fraction of sp³-hybridized carbons (Fsp3) is 0.294. The molecule has 2 rings (SSSR count). The third-order valence-corrected chi connectivity index (χ3v) is 3.91. The van der Waals surface area contributed by atoms with Gasteiger partial charge in [0, 0.05) is 17.5 Å². The lowest BCUT2D eigenvalue weighted by molar-refractivity contribution is -0.136. The van der Waals surface area contributed by atoms with E-state index in [2.05, 4.69) is 0 Å². The van der Waals surface area contributed by atoms with Crippen LogP contribution in [0.5, 0.6) is 5.75 Å². The molecule has 1 N–H and O–H groups in total. The molecule has 22 heavy (non-hydrogen) atoms. The quantitative estimate of drug-likeness (QED) is 0.644. The van der Waals surface area contributed by atoms with Crippen LogP contribution in [0, 0.1) is 0 Å². The number of ether oxygens (including phenoxy) is 1. The monoisotopic (exact) mass is 320 g/mol. The summed E-state index contributed by atoms with van der Waals surface area (Å²) in [5.74, 6) is -0.638. The van der Waals surface area contributed by atoms with Gasteiger partial charge in [0.05, 0.1) is 18.4 Å². The fourth-order valence-electron chi connectivity index (χ4n) is 2.39. The largest absolute Gasteiger partial charge is 0.496 e. The molecule has 0 bridgehead atoms. The number of alkyl halides is 1. The number of hydrogen-bond donors (Lipinski definition) is 1. The Balaban J connectivity index is 2.21. The maximum Gasteiger partial charge on any atom is 0.307 e. The third-order valence-electron chi connectivity index (χ3n) is 3.50. The van der Waals surface area contributed by atoms with Crippen molar-refractivity contribution in [3.8, 4) is 5.75 Å². The lowest BCUT2D eigenvalue weighted by atomic mass is 9.91. The highest BCUT2D eigenvalue weighted by Gasteiger charge is 2.28. The Labute approximate surface area is 134 Å². The Bertz CT molecular complexity index is 648. The number of allylic oxidation sites excluding steroid dienone is 4. The van der Waals surface area contributed by atoms with E-state index in [0.717, 1.165) is 0 Å². The van der Waals surface area contributed by atoms with Crippen molar-refractivity contribution < 1.29 is 19.4 Å². The van der Waals surface area contributed by atoms with Crippen LogP contribution >= 0.6 is 11.6 Å². The molecule has 0 aliphatic heterocycles. The van der Waals surface area contributed by atoms with Crippen molar-refractivity contribution in [3.05, 3.63) is 53.6 Å². The van der Waals surface area contributed by atoms with E-state index < -0.39 is 10.8 Å². The SMILES string of the molecule is COc1ccc(C(=O)CC2(Cl)C=CC=CC2)cc1CC(=O)O. The zero-order chi connectivity index (χ0) is 16.2. The van der Waals surface area contributed by atoms with Gasteiger partial charge in [-0.2, -0.15) is 0 Å². The van der Waals surface area contributed by atoms with Gasteiger partial charge in [0.15, 0.2) is 5.78 Å². The Morgan fingerprint density at radius 3 is 2.73 bits per heavy atom. The molecule has 0 saturated carbocycles. The first kappa shape index (κ1) is 16.3. The van der Waals surface area contributed by atoms with E-state index in [-0.39, 0.29) is 18.6 Å². The summed E-state index contributed by atoms with van der Waals surface area (Å²) in [4.78, 5) is 22.6. The summed E-state index contributed by atoms with van der Waals surface area (Å²) in [6.45, 7) is 0. The van der Waals surface area contributed by atoms with Crippen molar-refractivity contribution in [2.75, 3.05) is 7.11 Å². The van der Waals surface area contributed by atoms with E-state index in [1.54, 1.807) is 18.2 Å². The van der Waals surface area contributed by atoms with Crippen molar-refractivity contribution in [2.45, 2.75) is 24.1 Å². The van der Waals surface area contributed by atoms with E-state index in [4.69, 9.17) is 21.4 Å². The number of rotatable bonds is 6. The standard InChI is InChI=1S/C17H17ClO4/c1-22-15-6-5-12(9-13(15)10-16(20)21)14(19)11-17(18)7-3-2-4-8-17/h2-7,9H,8,10-11H2,1H3,(H,20,21). The normalized spacial score (nSPS) is 19.9. The fourth-order valence-corrected chi connectivity index (χ4v) is 2.67. The maximum absolute atomic E-state index is 12.4. The lowest BCUT2D eigenvalue weighted by Gasteiger charge is -2.23. The van der Waals surface area contributed by atoms with E-state index in [0.29, 0.717) is 23.3 Å². The maximum atomic E-state index is 12.4. The van der Waals surface area contributed by atoms with Gasteiger partial charge in [0.1, 0.15) is 5.75 Å². The number of halogens is 1. The molecule has 1 unspecified atom stereocenters. The first-order chi connectivity index (χ1) is 10.4. The van der Waals surface area contributed by atoms with E-state index >= 15 is 0 Å². The number of carboxylic acid groups (broad SMARTS) is 1. The van der Waals surface area contributed by atoms with Crippen LogP contribution in [0.3, 0.4) is 0 Å². The number of Topliss-reactive ketones (excluding diaryl/α,β-unsaturated/α-hetero) is 1. The van der Waals surface area contributed by atoms with Crippen LogP contribution in [0.15, 0.2) is 42.5 Å². The van der Waals surface area contributed by atoms with Crippen molar-refractivity contribution >= 4 is 23.4 Å². The minimum absolute atomic E-state index is 0.121. The van der Waals surface area contributed by atoms with Crippen molar-refractivity contribution in [2.24, 2.45) is 0 Å². The Morgan fingerprint density at radius 1 is 1.36 bits per heavy atom. The van der Waals surface area contributed by atoms with Gasteiger partial charge in [0.25, 0.3) is 0 Å². The number of aliphatic carboxylic acids is 1. The van der Waals surface area contributed by atoms with Crippen LogP contribution in [0.2, 0.25) is 0 Å². The topological polar surface area (TPSA) is 63.6 Å². The molecule has 1 aliphatic rings. The molecule has 0 radical (unpaired) electrons. The molecule has 1 aliphatic carbocycles. The summed E-state index contributed by atoms with van der Waals surface area (Å²) >= 11 is 6.42. The van der Waals surface area contributed by atoms with Crippen molar-refractivity contribution in [3.63, 3.8) is 0 Å². The summed E-state index contributed by atoms with van der Waals surface area (Å²) in [6, 6.07) is 4.82. The summed E-state index contributed by atoms with van der Waals surface area (Å²) in [5, 5.41) is 8.94. The first-order valence-corrected chi connectivity index (χ1v) is 7.26. The number of carbonyl (C=O) groups is 2. The molecule has 116 valence electrons. The van der Waals surface area contributed by atoms with Crippen LogP contribution in [0.4, 0.5) is 0 Å². The van der Waals surface area contributed by atoms with Gasteiger partial charge in [-0.1, -0.05) is 24.3 Å². The highest BCUT2D eigenvalue weighted by Crippen LogP contribution is 2.31. The zero-order valence-corrected chi connectivity index (χ0v) is 13.0. The van der Waals surface area contributed by atoms with Crippen molar-refractivity contribution in [1.29, 1.82) is 0 Å². The Hall–Kier alpha value is -2.07. The third kappa shape index (κ3) is 3.98. The van der Waals surface area contributed by atoms with E-state index in [1.807, 2.05) is 24.3 Å². The minimum Gasteiger partial charge on any atom is -0.496 e. The molecule has 0 fully saturated rings. The first-order valence-electron chi connectivity index (χ1n) is 6.89. The predicted molar refractivity (Wildman–Crippen MR) is 84.8 cm³/mol. The van der Waals surface area contributed by atoms with Crippen LogP contribution in [-0.2, 0) is 11.2 Å². The van der Waals surface area contributed by atoms with Gasteiger partial charge in [-0.15, -0.1) is 11.6 Å². The minimum atomic E-state index is -0.975. The van der Waals surface area contributed by atoms with Crippen LogP contribution in [0.25, 0.3) is 0 Å². The second-order valence-electron chi connectivity index (χ2n) is 5.22. The van der Waals surface area contributed by atoms with Crippen molar-refractivity contribution in [1.82, 2.24) is 0 Å². The highest BCUT2D eigenvalue weighted by molar-refractivity contribution is 6.27. The molecular formula is C17H17ClO4. The number of hydrogen-bond acceptors (Lipinski definition) is 3. The van der Waals surface area contributed by atoms with Gasteiger partial charge in [0.2, 0.25) is 0 Å². The van der Waals surface area contributed by atoms with Gasteiger partial charge in [-0.05, 0) is 24.6 Å². The molecule has 0 heterocycles. The number of benzene rings is 1. The average Bonchev–Trinajstić information content (AvgIpc) is 2.46. The molecule has 0 saturated heterocycles. The number of methoxy groups -OCH3 is 1. The second-order valence-corrected chi connectivity index (χ2v) is 5.98. The molecule has 0 amide bonds. The molecule has 4 nitrogen and oxygen atoms in total. The molecule has 1 aromatic carbocycles. The summed E-state index contributed by atoms with van der Waals surface area (Å²) < 4.78 is 5.13. The molecule has 0 spiro atoms. The summed E-state index contributed by atoms with van der Waals surface area (Å²) in [7, 11) is 1.47. The summed E-state index contributed by atoms with van der Waals surface area (Å²) in [6.07, 6.45) is 8.01. The lowest BCUT2D eigenvalue weighted by Crippen LogP contribution is -2.23. The molecule has 0 aromatic heterocycles. The number of carboxylic acids is 1. The van der Waals surface area contributed by atoms with Gasteiger partial charge >= 0.3 is 5.97 Å². The Kier molecular flexibility index (Phi) is 5.03. The highest BCUT2D eigenvalue weighted by atomic mass is 35.5. The predicted octanol–water partition coefficient (Wildman–Crippen LogP) is 3.39. The van der Waals surface area contributed by atoms with Gasteiger partial charge < -0.3 is 9.84 Å².